The van der Waals surface area contributed by atoms with Crippen LogP contribution in [0.5, 0.6) is 5.75 Å². The van der Waals surface area contributed by atoms with Crippen LogP contribution in [0, 0.1) is 0 Å². The van der Waals surface area contributed by atoms with E-state index in [0.29, 0.717) is 24.9 Å². The van der Waals surface area contributed by atoms with Gasteiger partial charge in [-0.2, -0.15) is 0 Å². The highest BCUT2D eigenvalue weighted by atomic mass is 16.6. The molecule has 1 aliphatic carbocycles. The van der Waals surface area contributed by atoms with Gasteiger partial charge in [0.1, 0.15) is 5.75 Å². The summed E-state index contributed by atoms with van der Waals surface area (Å²) < 4.78 is 5.51. The van der Waals surface area contributed by atoms with Gasteiger partial charge in [0.2, 0.25) is 0 Å². The predicted molar refractivity (Wildman–Crippen MR) is 84.3 cm³/mol. The topological polar surface area (TPSA) is 55.6 Å². The van der Waals surface area contributed by atoms with E-state index in [0.717, 1.165) is 19.3 Å². The molecule has 0 aliphatic heterocycles. The summed E-state index contributed by atoms with van der Waals surface area (Å²) in [6.07, 6.45) is 7.68. The molecule has 1 aromatic carbocycles. The van der Waals surface area contributed by atoms with Crippen molar-refractivity contribution in [2.75, 3.05) is 13.1 Å². The van der Waals surface area contributed by atoms with Crippen LogP contribution in [0.15, 0.2) is 30.3 Å². The van der Waals surface area contributed by atoms with E-state index in [1.54, 1.807) is 0 Å². The zero-order chi connectivity index (χ0) is 14.9. The van der Waals surface area contributed by atoms with Crippen molar-refractivity contribution in [1.82, 2.24) is 4.90 Å². The number of para-hydroxylation sites is 1. The second-order valence-electron chi connectivity index (χ2n) is 5.66. The molecule has 0 atom stereocenters. The van der Waals surface area contributed by atoms with Gasteiger partial charge in [-0.1, -0.05) is 43.9 Å². The van der Waals surface area contributed by atoms with Gasteiger partial charge in [0.05, 0.1) is 0 Å². The number of benzene rings is 1. The first-order valence-corrected chi connectivity index (χ1v) is 8.05. The highest BCUT2D eigenvalue weighted by Crippen LogP contribution is 2.23. The molecule has 0 heterocycles. The van der Waals surface area contributed by atoms with Crippen LogP contribution in [0.2, 0.25) is 0 Å². The molecule has 1 saturated carbocycles. The van der Waals surface area contributed by atoms with Gasteiger partial charge in [-0.25, -0.2) is 4.79 Å². The van der Waals surface area contributed by atoms with Crippen LogP contribution < -0.4 is 10.5 Å². The van der Waals surface area contributed by atoms with Gasteiger partial charge in [-0.3, -0.25) is 0 Å². The number of carbonyl (C=O) groups excluding carboxylic acids is 1. The van der Waals surface area contributed by atoms with Crippen molar-refractivity contribution < 1.29 is 9.53 Å². The summed E-state index contributed by atoms with van der Waals surface area (Å²) in [5, 5.41) is 0. The molecule has 1 aliphatic rings. The molecule has 1 amide bonds. The van der Waals surface area contributed by atoms with Gasteiger partial charge in [-0.05, 0) is 37.9 Å². The zero-order valence-corrected chi connectivity index (χ0v) is 12.7. The summed E-state index contributed by atoms with van der Waals surface area (Å²) in [4.78, 5) is 14.4. The van der Waals surface area contributed by atoms with Crippen molar-refractivity contribution in [3.63, 3.8) is 0 Å². The van der Waals surface area contributed by atoms with Crippen LogP contribution in [-0.4, -0.2) is 30.1 Å². The lowest BCUT2D eigenvalue weighted by molar-refractivity contribution is 0.125. The van der Waals surface area contributed by atoms with Gasteiger partial charge < -0.3 is 15.4 Å². The minimum absolute atomic E-state index is 0.235. The normalized spacial score (nSPS) is 16.2. The van der Waals surface area contributed by atoms with Crippen molar-refractivity contribution >= 4 is 6.09 Å². The number of carbonyl (C=O) groups is 1. The van der Waals surface area contributed by atoms with Crippen LogP contribution in [0.1, 0.15) is 44.9 Å². The number of ether oxygens (including phenoxy) is 1. The summed E-state index contributed by atoms with van der Waals surface area (Å²) in [5.41, 5.74) is 5.61. The Labute approximate surface area is 127 Å². The Hall–Kier alpha value is -1.55. The van der Waals surface area contributed by atoms with Gasteiger partial charge in [0.25, 0.3) is 0 Å². The molecule has 4 heteroatoms. The first-order valence-electron chi connectivity index (χ1n) is 8.05. The van der Waals surface area contributed by atoms with Crippen LogP contribution in [0.3, 0.4) is 0 Å². The van der Waals surface area contributed by atoms with E-state index < -0.39 is 0 Å². The van der Waals surface area contributed by atoms with Crippen LogP contribution >= 0.6 is 0 Å². The highest BCUT2D eigenvalue weighted by Gasteiger charge is 2.25. The van der Waals surface area contributed by atoms with E-state index in [9.17, 15) is 4.79 Å². The maximum Gasteiger partial charge on any atom is 0.415 e. The average molecular weight is 290 g/mol. The maximum absolute atomic E-state index is 12.5. The Morgan fingerprint density at radius 1 is 1.14 bits per heavy atom. The molecule has 0 radical (unpaired) electrons. The molecule has 2 rings (SSSR count). The standard InChI is InChI=1S/C17H26N2O2/c18-13-8-14-19(15-9-4-1-2-5-10-15)17(20)21-16-11-6-3-7-12-16/h3,6-7,11-12,15H,1-2,4-5,8-10,13-14,18H2. The second kappa shape index (κ2) is 8.67. The lowest BCUT2D eigenvalue weighted by atomic mass is 10.1. The fraction of sp³-hybridized carbons (Fsp3) is 0.588. The molecule has 1 aromatic rings. The molecule has 4 nitrogen and oxygen atoms in total. The summed E-state index contributed by atoms with van der Waals surface area (Å²) in [5.74, 6) is 0.605. The third-order valence-electron chi connectivity index (χ3n) is 4.05. The predicted octanol–water partition coefficient (Wildman–Crippen LogP) is 3.56. The van der Waals surface area contributed by atoms with Crippen molar-refractivity contribution in [3.8, 4) is 5.75 Å². The largest absolute Gasteiger partial charge is 0.415 e. The lowest BCUT2D eigenvalue weighted by Gasteiger charge is -2.30. The minimum Gasteiger partial charge on any atom is -0.410 e. The van der Waals surface area contributed by atoms with E-state index in [2.05, 4.69) is 0 Å². The quantitative estimate of drug-likeness (QED) is 0.844. The Bertz CT molecular complexity index is 414. The molecule has 1 fully saturated rings. The third kappa shape index (κ3) is 5.05. The SMILES string of the molecule is NCCCN(C(=O)Oc1ccccc1)C1CCCCCC1. The van der Waals surface area contributed by atoms with E-state index in [-0.39, 0.29) is 6.09 Å². The smallest absolute Gasteiger partial charge is 0.410 e. The van der Waals surface area contributed by atoms with Gasteiger partial charge in [0, 0.05) is 12.6 Å². The second-order valence-corrected chi connectivity index (χ2v) is 5.66. The van der Waals surface area contributed by atoms with Crippen LogP contribution in [-0.2, 0) is 0 Å². The van der Waals surface area contributed by atoms with Crippen LogP contribution in [0.4, 0.5) is 4.79 Å². The molecule has 116 valence electrons. The zero-order valence-electron chi connectivity index (χ0n) is 12.7. The Morgan fingerprint density at radius 2 is 1.81 bits per heavy atom. The average Bonchev–Trinajstić information content (AvgIpc) is 2.78. The number of nitrogens with two attached hydrogens (primary N) is 1. The third-order valence-corrected chi connectivity index (χ3v) is 4.05. The Kier molecular flexibility index (Phi) is 6.54. The molecular formula is C17H26N2O2. The molecule has 0 unspecified atom stereocenters. The fourth-order valence-corrected chi connectivity index (χ4v) is 2.90. The fourth-order valence-electron chi connectivity index (χ4n) is 2.90. The Morgan fingerprint density at radius 3 is 2.43 bits per heavy atom. The van der Waals surface area contributed by atoms with Gasteiger partial charge in [0.15, 0.2) is 0 Å². The monoisotopic (exact) mass is 290 g/mol. The van der Waals surface area contributed by atoms with E-state index in [1.165, 1.54) is 25.7 Å². The van der Waals surface area contributed by atoms with Crippen LogP contribution in [0.25, 0.3) is 0 Å². The molecule has 0 saturated heterocycles. The van der Waals surface area contributed by atoms with Crippen molar-refractivity contribution in [1.29, 1.82) is 0 Å². The molecule has 0 aromatic heterocycles. The van der Waals surface area contributed by atoms with Crippen molar-refractivity contribution in [2.24, 2.45) is 5.73 Å². The first kappa shape index (κ1) is 15.8. The molecule has 0 bridgehead atoms. The van der Waals surface area contributed by atoms with Gasteiger partial charge in [-0.15, -0.1) is 0 Å². The molecule has 2 N–H and O–H groups in total. The molecular weight excluding hydrogens is 264 g/mol. The van der Waals surface area contributed by atoms with E-state index >= 15 is 0 Å². The summed E-state index contributed by atoms with van der Waals surface area (Å²) >= 11 is 0. The number of hydrogen-bond acceptors (Lipinski definition) is 3. The molecule has 0 spiro atoms. The van der Waals surface area contributed by atoms with E-state index in [1.807, 2.05) is 35.2 Å². The lowest BCUT2D eigenvalue weighted by Crippen LogP contribution is -2.43. The van der Waals surface area contributed by atoms with Crippen molar-refractivity contribution in [3.05, 3.63) is 30.3 Å². The minimum atomic E-state index is -0.235. The first-order chi connectivity index (χ1) is 10.3. The summed E-state index contributed by atoms with van der Waals surface area (Å²) in [7, 11) is 0. The summed E-state index contributed by atoms with van der Waals surface area (Å²) in [6, 6.07) is 9.58. The number of amides is 1. The highest BCUT2D eigenvalue weighted by molar-refractivity contribution is 5.71. The van der Waals surface area contributed by atoms with Crippen molar-refractivity contribution in [2.45, 2.75) is 51.0 Å². The summed E-state index contributed by atoms with van der Waals surface area (Å²) in [6.45, 7) is 1.29. The maximum atomic E-state index is 12.5. The van der Waals surface area contributed by atoms with E-state index in [4.69, 9.17) is 10.5 Å². The van der Waals surface area contributed by atoms with Gasteiger partial charge >= 0.3 is 6.09 Å². The number of nitrogens with zero attached hydrogens (tertiary/aromatic N) is 1. The Balaban J connectivity index is 2.01. The number of rotatable bonds is 5. The number of hydrogen-bond donors (Lipinski definition) is 1. The molecule has 21 heavy (non-hydrogen) atoms.